The summed E-state index contributed by atoms with van der Waals surface area (Å²) < 4.78 is 0.924. The minimum Gasteiger partial charge on any atom is -0.324 e. The molecule has 0 radical (unpaired) electrons. The number of rotatable bonds is 5. The molecule has 3 heteroatoms. The Hall–Kier alpha value is -0.0500. The van der Waals surface area contributed by atoms with Crippen molar-refractivity contribution < 1.29 is 0 Å². The van der Waals surface area contributed by atoms with Crippen molar-refractivity contribution >= 4 is 27.5 Å². The summed E-state index contributed by atoms with van der Waals surface area (Å²) in [5.74, 6) is 0.706. The minimum atomic E-state index is 0.0931. The fourth-order valence-corrected chi connectivity index (χ4v) is 2.30. The number of benzene rings is 1. The second kappa shape index (κ2) is 6.63. The smallest absolute Gasteiger partial charge is 0.0551 e. The monoisotopic (exact) mass is 303 g/mol. The van der Waals surface area contributed by atoms with Gasteiger partial charge in [-0.05, 0) is 46.0 Å². The summed E-state index contributed by atoms with van der Waals surface area (Å²) in [6, 6.07) is 6.06. The molecule has 16 heavy (non-hydrogen) atoms. The highest BCUT2D eigenvalue weighted by Crippen LogP contribution is 2.28. The van der Waals surface area contributed by atoms with Crippen LogP contribution in [0.25, 0.3) is 0 Å². The van der Waals surface area contributed by atoms with E-state index in [9.17, 15) is 0 Å². The lowest BCUT2D eigenvalue weighted by Crippen LogP contribution is -2.14. The lowest BCUT2D eigenvalue weighted by atomic mass is 9.92. The van der Waals surface area contributed by atoms with Gasteiger partial charge in [0.25, 0.3) is 0 Å². The van der Waals surface area contributed by atoms with Gasteiger partial charge in [0, 0.05) is 10.5 Å². The van der Waals surface area contributed by atoms with Crippen LogP contribution >= 0.6 is 27.5 Å². The summed E-state index contributed by atoms with van der Waals surface area (Å²) in [5.41, 5.74) is 7.32. The van der Waals surface area contributed by atoms with E-state index in [1.165, 1.54) is 12.8 Å². The Balaban J connectivity index is 2.72. The maximum atomic E-state index is 6.19. The van der Waals surface area contributed by atoms with Gasteiger partial charge in [0.2, 0.25) is 0 Å². The Morgan fingerprint density at radius 2 is 1.94 bits per heavy atom. The number of halogens is 2. The van der Waals surface area contributed by atoms with Gasteiger partial charge >= 0.3 is 0 Å². The molecule has 1 rings (SSSR count). The van der Waals surface area contributed by atoms with Gasteiger partial charge in [0.15, 0.2) is 0 Å². The van der Waals surface area contributed by atoms with Crippen molar-refractivity contribution in [2.75, 3.05) is 0 Å². The van der Waals surface area contributed by atoms with Crippen LogP contribution in [0.4, 0.5) is 0 Å². The van der Waals surface area contributed by atoms with Gasteiger partial charge in [-0.15, -0.1) is 0 Å². The highest BCUT2D eigenvalue weighted by atomic mass is 79.9. The average molecular weight is 305 g/mol. The van der Waals surface area contributed by atoms with Gasteiger partial charge < -0.3 is 5.73 Å². The molecule has 0 saturated carbocycles. The molecule has 0 aliphatic carbocycles. The van der Waals surface area contributed by atoms with E-state index in [2.05, 4.69) is 29.8 Å². The predicted molar refractivity (Wildman–Crippen MR) is 74.8 cm³/mol. The Labute approximate surface area is 111 Å². The molecule has 1 aromatic carbocycles. The van der Waals surface area contributed by atoms with Crippen LogP contribution < -0.4 is 5.73 Å². The van der Waals surface area contributed by atoms with E-state index in [1.54, 1.807) is 0 Å². The first-order valence-corrected chi connectivity index (χ1v) is 6.96. The third kappa shape index (κ3) is 3.76. The zero-order valence-electron chi connectivity index (χ0n) is 9.84. The quantitative estimate of drug-likeness (QED) is 0.820. The van der Waals surface area contributed by atoms with Crippen molar-refractivity contribution in [1.29, 1.82) is 0 Å². The summed E-state index contributed by atoms with van der Waals surface area (Å²) in [4.78, 5) is 0. The summed E-state index contributed by atoms with van der Waals surface area (Å²) in [6.45, 7) is 4.44. The lowest BCUT2D eigenvalue weighted by Gasteiger charge is -2.18. The van der Waals surface area contributed by atoms with Gasteiger partial charge in [0.1, 0.15) is 0 Å². The molecule has 0 aliphatic heterocycles. The molecule has 90 valence electrons. The van der Waals surface area contributed by atoms with Crippen molar-refractivity contribution in [1.82, 2.24) is 0 Å². The summed E-state index contributed by atoms with van der Waals surface area (Å²) in [5, 5.41) is 0.734. The maximum absolute atomic E-state index is 6.19. The summed E-state index contributed by atoms with van der Waals surface area (Å²) in [6.07, 6.45) is 3.41. The normalized spacial score (nSPS) is 13.1. The predicted octanol–water partition coefficient (Wildman–Crippen LogP) is 4.93. The topological polar surface area (TPSA) is 26.0 Å². The molecule has 0 amide bonds. The van der Waals surface area contributed by atoms with Crippen molar-refractivity contribution in [2.45, 2.75) is 39.2 Å². The second-order valence-corrected chi connectivity index (χ2v) is 5.46. The van der Waals surface area contributed by atoms with E-state index >= 15 is 0 Å². The molecular formula is C13H19BrClN. The Morgan fingerprint density at radius 3 is 2.44 bits per heavy atom. The van der Waals surface area contributed by atoms with Crippen molar-refractivity contribution in [3.05, 3.63) is 33.3 Å². The molecule has 0 heterocycles. The largest absolute Gasteiger partial charge is 0.324 e. The molecule has 0 spiro atoms. The Bertz CT molecular complexity index is 337. The van der Waals surface area contributed by atoms with Crippen LogP contribution in [0.3, 0.4) is 0 Å². The van der Waals surface area contributed by atoms with E-state index in [0.29, 0.717) is 5.92 Å². The SMILES string of the molecule is CCC(CC)CC(N)c1ccc(Br)c(Cl)c1. The van der Waals surface area contributed by atoms with Crippen LogP contribution in [-0.2, 0) is 0 Å². The van der Waals surface area contributed by atoms with Crippen LogP contribution in [-0.4, -0.2) is 0 Å². The second-order valence-electron chi connectivity index (χ2n) is 4.20. The molecule has 0 saturated heterocycles. The first-order chi connectivity index (χ1) is 7.58. The highest BCUT2D eigenvalue weighted by Gasteiger charge is 2.13. The zero-order valence-corrected chi connectivity index (χ0v) is 12.2. The minimum absolute atomic E-state index is 0.0931. The summed E-state index contributed by atoms with van der Waals surface area (Å²) >= 11 is 9.44. The summed E-state index contributed by atoms with van der Waals surface area (Å²) in [7, 11) is 0. The highest BCUT2D eigenvalue weighted by molar-refractivity contribution is 9.10. The van der Waals surface area contributed by atoms with Crippen molar-refractivity contribution in [3.8, 4) is 0 Å². The molecule has 0 bridgehead atoms. The lowest BCUT2D eigenvalue weighted by molar-refractivity contribution is 0.414. The van der Waals surface area contributed by atoms with E-state index < -0.39 is 0 Å². The fraction of sp³-hybridized carbons (Fsp3) is 0.538. The number of hydrogen-bond donors (Lipinski definition) is 1. The Kier molecular flexibility index (Phi) is 5.81. The van der Waals surface area contributed by atoms with E-state index in [-0.39, 0.29) is 6.04 Å². The first kappa shape index (κ1) is 14.0. The number of nitrogens with two attached hydrogens (primary N) is 1. The standard InChI is InChI=1S/C13H19BrClN/c1-3-9(4-2)7-13(16)10-5-6-11(14)12(15)8-10/h5-6,8-9,13H,3-4,7,16H2,1-2H3. The van der Waals surface area contributed by atoms with Crippen LogP contribution in [0.1, 0.15) is 44.7 Å². The molecule has 1 nitrogen and oxygen atoms in total. The van der Waals surface area contributed by atoms with E-state index in [4.69, 9.17) is 17.3 Å². The van der Waals surface area contributed by atoms with Gasteiger partial charge in [-0.1, -0.05) is 44.4 Å². The van der Waals surface area contributed by atoms with Crippen LogP contribution in [0.5, 0.6) is 0 Å². The van der Waals surface area contributed by atoms with Crippen molar-refractivity contribution in [2.24, 2.45) is 11.7 Å². The average Bonchev–Trinajstić information content (AvgIpc) is 2.29. The molecule has 1 aromatic rings. The molecular weight excluding hydrogens is 286 g/mol. The van der Waals surface area contributed by atoms with E-state index in [1.807, 2.05) is 18.2 Å². The van der Waals surface area contributed by atoms with Crippen LogP contribution in [0.15, 0.2) is 22.7 Å². The van der Waals surface area contributed by atoms with Gasteiger partial charge in [-0.3, -0.25) is 0 Å². The third-order valence-corrected chi connectivity index (χ3v) is 4.35. The Morgan fingerprint density at radius 1 is 1.31 bits per heavy atom. The van der Waals surface area contributed by atoms with Crippen LogP contribution in [0.2, 0.25) is 5.02 Å². The number of hydrogen-bond acceptors (Lipinski definition) is 1. The molecule has 1 unspecified atom stereocenters. The third-order valence-electron chi connectivity index (χ3n) is 3.11. The maximum Gasteiger partial charge on any atom is 0.0551 e. The zero-order chi connectivity index (χ0) is 12.1. The van der Waals surface area contributed by atoms with Gasteiger partial charge in [-0.25, -0.2) is 0 Å². The first-order valence-electron chi connectivity index (χ1n) is 5.79. The fourth-order valence-electron chi connectivity index (χ4n) is 1.86. The molecule has 0 aliphatic rings. The van der Waals surface area contributed by atoms with Gasteiger partial charge in [0.05, 0.1) is 5.02 Å². The van der Waals surface area contributed by atoms with Gasteiger partial charge in [-0.2, -0.15) is 0 Å². The van der Waals surface area contributed by atoms with E-state index in [0.717, 1.165) is 21.5 Å². The molecule has 2 N–H and O–H groups in total. The van der Waals surface area contributed by atoms with Crippen LogP contribution in [0, 0.1) is 5.92 Å². The molecule has 1 atom stereocenters. The molecule has 0 aromatic heterocycles. The van der Waals surface area contributed by atoms with Crippen molar-refractivity contribution in [3.63, 3.8) is 0 Å². The molecule has 0 fully saturated rings.